The molecule has 1 atom stereocenters. The Morgan fingerprint density at radius 3 is 2.94 bits per heavy atom. The van der Waals surface area contributed by atoms with E-state index in [0.717, 1.165) is 39.0 Å². The molecule has 0 saturated carbocycles. The number of nitrogens with one attached hydrogen (secondary N) is 1. The normalized spacial score (nSPS) is 17.8. The monoisotopic (exact) mass is 363 g/mol. The van der Waals surface area contributed by atoms with Crippen molar-refractivity contribution in [3.8, 4) is 11.5 Å². The fraction of sp³-hybridized carbons (Fsp3) is 0.500. The molecule has 0 bridgehead atoms. The Morgan fingerprint density at radius 2 is 2.29 bits per heavy atom. The number of ether oxygens (including phenoxy) is 2. The fourth-order valence-electron chi connectivity index (χ4n) is 1.94. The number of rotatable bonds is 4. The number of hydrogen-bond acceptors (Lipinski definition) is 3. The second-order valence-electron chi connectivity index (χ2n) is 3.94. The van der Waals surface area contributed by atoms with E-state index in [0.29, 0.717) is 6.61 Å². The highest BCUT2D eigenvalue weighted by molar-refractivity contribution is 9.11. The minimum Gasteiger partial charge on any atom is -0.496 e. The van der Waals surface area contributed by atoms with Crippen molar-refractivity contribution in [1.82, 2.24) is 5.32 Å². The number of fused-ring (bicyclic) bond motifs is 1. The molecule has 1 unspecified atom stereocenters. The summed E-state index contributed by atoms with van der Waals surface area (Å²) in [4.78, 5) is 0. The second-order valence-corrected chi connectivity index (χ2v) is 5.58. The SMILES string of the molecule is CCCNC1COc2c(Br)cc(OC)c(Br)c21. The molecule has 1 N–H and O–H groups in total. The van der Waals surface area contributed by atoms with Gasteiger partial charge in [0.1, 0.15) is 18.1 Å². The van der Waals surface area contributed by atoms with Crippen LogP contribution in [0.1, 0.15) is 24.9 Å². The van der Waals surface area contributed by atoms with Gasteiger partial charge in [0.15, 0.2) is 0 Å². The Morgan fingerprint density at radius 1 is 1.53 bits per heavy atom. The highest BCUT2D eigenvalue weighted by atomic mass is 79.9. The van der Waals surface area contributed by atoms with E-state index in [-0.39, 0.29) is 6.04 Å². The van der Waals surface area contributed by atoms with Crippen LogP contribution in [0.25, 0.3) is 0 Å². The van der Waals surface area contributed by atoms with Gasteiger partial charge in [-0.25, -0.2) is 0 Å². The first-order chi connectivity index (χ1) is 8.19. The number of methoxy groups -OCH3 is 1. The molecule has 0 spiro atoms. The zero-order valence-electron chi connectivity index (χ0n) is 9.85. The summed E-state index contributed by atoms with van der Waals surface area (Å²) in [5.41, 5.74) is 1.14. The van der Waals surface area contributed by atoms with Gasteiger partial charge in [-0.05, 0) is 50.9 Å². The summed E-state index contributed by atoms with van der Waals surface area (Å²) in [5, 5.41) is 3.48. The smallest absolute Gasteiger partial charge is 0.139 e. The maximum Gasteiger partial charge on any atom is 0.139 e. The standard InChI is InChI=1S/C12H15Br2NO2/c1-3-4-15-8-6-17-12-7(13)5-9(16-2)11(14)10(8)12/h5,8,15H,3-4,6H2,1-2H3. The van der Waals surface area contributed by atoms with Gasteiger partial charge in [0, 0.05) is 5.56 Å². The van der Waals surface area contributed by atoms with Gasteiger partial charge in [-0.15, -0.1) is 0 Å². The highest BCUT2D eigenvalue weighted by Crippen LogP contribution is 2.47. The largest absolute Gasteiger partial charge is 0.496 e. The third kappa shape index (κ3) is 2.46. The third-order valence-electron chi connectivity index (χ3n) is 2.78. The molecular weight excluding hydrogens is 350 g/mol. The van der Waals surface area contributed by atoms with E-state index in [1.54, 1.807) is 7.11 Å². The molecular formula is C12H15Br2NO2. The molecule has 0 radical (unpaired) electrons. The van der Waals surface area contributed by atoms with Crippen LogP contribution in [-0.2, 0) is 0 Å². The topological polar surface area (TPSA) is 30.5 Å². The molecule has 3 nitrogen and oxygen atoms in total. The van der Waals surface area contributed by atoms with Gasteiger partial charge in [0.2, 0.25) is 0 Å². The van der Waals surface area contributed by atoms with Crippen LogP contribution < -0.4 is 14.8 Å². The van der Waals surface area contributed by atoms with Crippen LogP contribution in [0.4, 0.5) is 0 Å². The summed E-state index contributed by atoms with van der Waals surface area (Å²) in [7, 11) is 1.67. The van der Waals surface area contributed by atoms with Crippen LogP contribution in [0.3, 0.4) is 0 Å². The maximum atomic E-state index is 5.72. The van der Waals surface area contributed by atoms with Gasteiger partial charge in [-0.2, -0.15) is 0 Å². The zero-order valence-corrected chi connectivity index (χ0v) is 13.0. The van der Waals surface area contributed by atoms with Gasteiger partial charge in [0.05, 0.1) is 22.1 Å². The lowest BCUT2D eigenvalue weighted by Gasteiger charge is -2.14. The van der Waals surface area contributed by atoms with Crippen molar-refractivity contribution in [1.29, 1.82) is 0 Å². The zero-order chi connectivity index (χ0) is 12.4. The molecule has 0 fully saturated rings. The van der Waals surface area contributed by atoms with E-state index in [2.05, 4.69) is 44.1 Å². The van der Waals surface area contributed by atoms with Gasteiger partial charge in [-0.1, -0.05) is 6.92 Å². The molecule has 0 aliphatic carbocycles. The van der Waals surface area contributed by atoms with E-state index in [9.17, 15) is 0 Å². The van der Waals surface area contributed by atoms with E-state index >= 15 is 0 Å². The first kappa shape index (κ1) is 13.2. The van der Waals surface area contributed by atoms with Crippen molar-refractivity contribution >= 4 is 31.9 Å². The van der Waals surface area contributed by atoms with Gasteiger partial charge < -0.3 is 14.8 Å². The summed E-state index contributed by atoms with van der Waals surface area (Å²) < 4.78 is 13.0. The van der Waals surface area contributed by atoms with Crippen LogP contribution >= 0.6 is 31.9 Å². The third-order valence-corrected chi connectivity index (χ3v) is 4.18. The molecule has 0 aromatic heterocycles. The van der Waals surface area contributed by atoms with Crippen molar-refractivity contribution in [2.45, 2.75) is 19.4 Å². The Bertz CT molecular complexity index is 423. The fourth-order valence-corrected chi connectivity index (χ4v) is 3.21. The first-order valence-corrected chi connectivity index (χ1v) is 7.19. The molecule has 1 aliphatic heterocycles. The lowest BCUT2D eigenvalue weighted by molar-refractivity contribution is 0.310. The van der Waals surface area contributed by atoms with E-state index in [1.165, 1.54) is 0 Å². The number of benzene rings is 1. The lowest BCUT2D eigenvalue weighted by Crippen LogP contribution is -2.23. The molecule has 94 valence electrons. The molecule has 1 aliphatic rings. The molecule has 17 heavy (non-hydrogen) atoms. The average molecular weight is 365 g/mol. The van der Waals surface area contributed by atoms with Crippen LogP contribution in [0.15, 0.2) is 15.0 Å². The molecule has 1 heterocycles. The van der Waals surface area contributed by atoms with Crippen LogP contribution in [0, 0.1) is 0 Å². The first-order valence-electron chi connectivity index (χ1n) is 5.61. The van der Waals surface area contributed by atoms with Crippen molar-refractivity contribution < 1.29 is 9.47 Å². The minimum atomic E-state index is 0.228. The quantitative estimate of drug-likeness (QED) is 0.884. The predicted octanol–water partition coefficient (Wildman–Crippen LogP) is 3.65. The van der Waals surface area contributed by atoms with Gasteiger partial charge in [0.25, 0.3) is 0 Å². The lowest BCUT2D eigenvalue weighted by atomic mass is 10.1. The Balaban J connectivity index is 2.39. The van der Waals surface area contributed by atoms with Crippen molar-refractivity contribution in [3.63, 3.8) is 0 Å². The molecule has 1 aromatic carbocycles. The number of halogens is 2. The van der Waals surface area contributed by atoms with Crippen LogP contribution in [0.2, 0.25) is 0 Å². The summed E-state index contributed by atoms with van der Waals surface area (Å²) in [6, 6.07) is 2.15. The summed E-state index contributed by atoms with van der Waals surface area (Å²) in [6.45, 7) is 3.80. The van der Waals surface area contributed by atoms with Gasteiger partial charge >= 0.3 is 0 Å². The molecule has 2 rings (SSSR count). The van der Waals surface area contributed by atoms with Crippen molar-refractivity contribution in [2.24, 2.45) is 0 Å². The van der Waals surface area contributed by atoms with E-state index in [4.69, 9.17) is 9.47 Å². The van der Waals surface area contributed by atoms with E-state index in [1.807, 2.05) is 6.07 Å². The summed E-state index contributed by atoms with van der Waals surface area (Å²) in [5.74, 6) is 1.73. The van der Waals surface area contributed by atoms with Gasteiger partial charge in [-0.3, -0.25) is 0 Å². The maximum absolute atomic E-state index is 5.72. The average Bonchev–Trinajstić information content (AvgIpc) is 2.75. The van der Waals surface area contributed by atoms with Crippen LogP contribution in [0.5, 0.6) is 11.5 Å². The minimum absolute atomic E-state index is 0.228. The Hall–Kier alpha value is -0.260. The van der Waals surface area contributed by atoms with Crippen molar-refractivity contribution in [2.75, 3.05) is 20.3 Å². The Labute approximate surface area is 118 Å². The van der Waals surface area contributed by atoms with E-state index < -0.39 is 0 Å². The Kier molecular flexibility index (Phi) is 4.33. The highest BCUT2D eigenvalue weighted by Gasteiger charge is 2.30. The van der Waals surface area contributed by atoms with Crippen LogP contribution in [-0.4, -0.2) is 20.3 Å². The molecule has 0 saturated heterocycles. The van der Waals surface area contributed by atoms with Crippen molar-refractivity contribution in [3.05, 3.63) is 20.6 Å². The summed E-state index contributed by atoms with van der Waals surface area (Å²) in [6.07, 6.45) is 1.11. The molecule has 0 amide bonds. The number of hydrogen-bond donors (Lipinski definition) is 1. The summed E-state index contributed by atoms with van der Waals surface area (Å²) >= 11 is 7.11. The second kappa shape index (κ2) is 5.59. The predicted molar refractivity (Wildman–Crippen MR) is 74.9 cm³/mol. The molecule has 1 aromatic rings. The molecule has 5 heteroatoms.